The minimum absolute atomic E-state index is 0.0412. The van der Waals surface area contributed by atoms with Crippen molar-refractivity contribution < 1.29 is 13.6 Å². The molecule has 0 bridgehead atoms. The van der Waals surface area contributed by atoms with Crippen molar-refractivity contribution in [1.82, 2.24) is 14.9 Å². The van der Waals surface area contributed by atoms with Gasteiger partial charge in [0.1, 0.15) is 5.82 Å². The van der Waals surface area contributed by atoms with E-state index in [9.17, 15) is 13.6 Å². The SMILES string of the molecule is O=C(CCCN1CCN(c2ncc(F)cn2)CC1)c1ccc(F)c2ccccc12. The lowest BCUT2D eigenvalue weighted by Gasteiger charge is -2.34. The van der Waals surface area contributed by atoms with Crippen molar-refractivity contribution in [2.45, 2.75) is 12.8 Å². The number of carbonyl (C=O) groups is 1. The molecule has 3 aromatic rings. The molecule has 1 aliphatic rings. The number of Topliss-reactive ketones (excluding diaryl/α,β-unsaturated/α-hetero) is 1. The number of benzene rings is 2. The molecule has 1 fully saturated rings. The molecule has 0 unspecified atom stereocenters. The molecule has 0 N–H and O–H groups in total. The predicted molar refractivity (Wildman–Crippen MR) is 108 cm³/mol. The first-order valence-electron chi connectivity index (χ1n) is 9.77. The summed E-state index contributed by atoms with van der Waals surface area (Å²) in [5.41, 5.74) is 0.584. The van der Waals surface area contributed by atoms with Crippen molar-refractivity contribution in [2.24, 2.45) is 0 Å². The largest absolute Gasteiger partial charge is 0.338 e. The van der Waals surface area contributed by atoms with E-state index in [1.54, 1.807) is 24.3 Å². The summed E-state index contributed by atoms with van der Waals surface area (Å²) in [6, 6.07) is 10.0. The van der Waals surface area contributed by atoms with Crippen LogP contribution in [0.3, 0.4) is 0 Å². The van der Waals surface area contributed by atoms with E-state index in [1.165, 1.54) is 18.5 Å². The zero-order chi connectivity index (χ0) is 20.2. The van der Waals surface area contributed by atoms with Gasteiger partial charge in [0.05, 0.1) is 12.4 Å². The Morgan fingerprint density at radius 1 is 0.931 bits per heavy atom. The van der Waals surface area contributed by atoms with Gasteiger partial charge in [-0.15, -0.1) is 0 Å². The molecule has 1 aromatic heterocycles. The van der Waals surface area contributed by atoms with Crippen LogP contribution in [0.15, 0.2) is 48.8 Å². The Morgan fingerprint density at radius 3 is 2.34 bits per heavy atom. The van der Waals surface area contributed by atoms with E-state index in [0.29, 0.717) is 28.7 Å². The topological polar surface area (TPSA) is 49.3 Å². The maximum Gasteiger partial charge on any atom is 0.225 e. The summed E-state index contributed by atoms with van der Waals surface area (Å²) in [5.74, 6) is -0.157. The molecule has 29 heavy (non-hydrogen) atoms. The third-order valence-corrected chi connectivity index (χ3v) is 5.31. The average molecular weight is 396 g/mol. The summed E-state index contributed by atoms with van der Waals surface area (Å²) >= 11 is 0. The van der Waals surface area contributed by atoms with Gasteiger partial charge in [-0.05, 0) is 30.5 Å². The van der Waals surface area contributed by atoms with E-state index in [1.807, 2.05) is 11.0 Å². The molecule has 5 nitrogen and oxygen atoms in total. The van der Waals surface area contributed by atoms with E-state index in [2.05, 4.69) is 14.9 Å². The highest BCUT2D eigenvalue weighted by Gasteiger charge is 2.19. The van der Waals surface area contributed by atoms with Gasteiger partial charge in [-0.1, -0.05) is 24.3 Å². The number of ketones is 1. The molecule has 0 aliphatic carbocycles. The summed E-state index contributed by atoms with van der Waals surface area (Å²) < 4.78 is 26.9. The van der Waals surface area contributed by atoms with Crippen LogP contribution in [-0.2, 0) is 0 Å². The smallest absolute Gasteiger partial charge is 0.225 e. The standard InChI is InChI=1S/C22H22F2N4O/c23-16-14-25-22(26-15-16)28-12-10-27(11-13-28)9-3-6-21(29)19-7-8-20(24)18-5-2-1-4-17(18)19/h1-2,4-5,7-8,14-15H,3,6,9-13H2. The van der Waals surface area contributed by atoms with Crippen molar-refractivity contribution in [3.05, 3.63) is 66.0 Å². The molecule has 0 atom stereocenters. The third kappa shape index (κ3) is 4.40. The average Bonchev–Trinajstić information content (AvgIpc) is 2.75. The lowest BCUT2D eigenvalue weighted by atomic mass is 9.98. The van der Waals surface area contributed by atoms with E-state index in [-0.39, 0.29) is 11.6 Å². The van der Waals surface area contributed by atoms with Crippen molar-refractivity contribution in [3.8, 4) is 0 Å². The van der Waals surface area contributed by atoms with Gasteiger partial charge in [0.25, 0.3) is 0 Å². The van der Waals surface area contributed by atoms with E-state index in [4.69, 9.17) is 0 Å². The minimum Gasteiger partial charge on any atom is -0.338 e. The van der Waals surface area contributed by atoms with Crippen LogP contribution in [0.25, 0.3) is 10.8 Å². The second-order valence-electron chi connectivity index (χ2n) is 7.20. The van der Waals surface area contributed by atoms with Crippen LogP contribution >= 0.6 is 0 Å². The molecule has 0 saturated carbocycles. The molecule has 0 radical (unpaired) electrons. The molecule has 0 amide bonds. The minimum atomic E-state index is -0.439. The first-order valence-corrected chi connectivity index (χ1v) is 9.77. The monoisotopic (exact) mass is 396 g/mol. The van der Waals surface area contributed by atoms with Crippen LogP contribution < -0.4 is 4.90 Å². The maximum atomic E-state index is 13.9. The van der Waals surface area contributed by atoms with Crippen LogP contribution in [-0.4, -0.2) is 53.4 Å². The number of carbonyl (C=O) groups excluding carboxylic acids is 1. The fourth-order valence-corrected chi connectivity index (χ4v) is 3.74. The molecular formula is C22H22F2N4O. The van der Waals surface area contributed by atoms with Gasteiger partial charge in [0.2, 0.25) is 5.95 Å². The Labute approximate surface area is 168 Å². The number of piperazine rings is 1. The van der Waals surface area contributed by atoms with Crippen LogP contribution in [0.5, 0.6) is 0 Å². The van der Waals surface area contributed by atoms with E-state index in [0.717, 1.165) is 39.1 Å². The van der Waals surface area contributed by atoms with Crippen molar-refractivity contribution >= 4 is 22.5 Å². The number of fused-ring (bicyclic) bond motifs is 1. The zero-order valence-corrected chi connectivity index (χ0v) is 16.0. The van der Waals surface area contributed by atoms with Gasteiger partial charge >= 0.3 is 0 Å². The van der Waals surface area contributed by atoms with Crippen molar-refractivity contribution in [2.75, 3.05) is 37.6 Å². The summed E-state index contributed by atoms with van der Waals surface area (Å²) in [6.07, 6.45) is 3.54. The van der Waals surface area contributed by atoms with Gasteiger partial charge in [-0.3, -0.25) is 9.69 Å². The van der Waals surface area contributed by atoms with Crippen LogP contribution in [0, 0.1) is 11.6 Å². The molecule has 150 valence electrons. The third-order valence-electron chi connectivity index (χ3n) is 5.31. The highest BCUT2D eigenvalue weighted by Crippen LogP contribution is 2.23. The fraction of sp³-hybridized carbons (Fsp3) is 0.318. The Bertz CT molecular complexity index is 1000. The molecule has 1 saturated heterocycles. The summed E-state index contributed by atoms with van der Waals surface area (Å²) in [5, 5.41) is 1.16. The summed E-state index contributed by atoms with van der Waals surface area (Å²) in [7, 11) is 0. The number of nitrogens with zero attached hydrogens (tertiary/aromatic N) is 4. The molecule has 2 aromatic carbocycles. The van der Waals surface area contributed by atoms with Crippen LogP contribution in [0.2, 0.25) is 0 Å². The van der Waals surface area contributed by atoms with Crippen LogP contribution in [0.1, 0.15) is 23.2 Å². The molecular weight excluding hydrogens is 374 g/mol. The number of anilines is 1. The normalized spacial score (nSPS) is 15.0. The number of halogens is 2. The lowest BCUT2D eigenvalue weighted by molar-refractivity contribution is 0.0975. The highest BCUT2D eigenvalue weighted by atomic mass is 19.1. The van der Waals surface area contributed by atoms with Crippen LogP contribution in [0.4, 0.5) is 14.7 Å². The van der Waals surface area contributed by atoms with Gasteiger partial charge < -0.3 is 4.90 Å². The number of aromatic nitrogens is 2. The zero-order valence-electron chi connectivity index (χ0n) is 16.0. The van der Waals surface area contributed by atoms with Gasteiger partial charge in [-0.2, -0.15) is 0 Å². The molecule has 1 aliphatic heterocycles. The number of hydrogen-bond acceptors (Lipinski definition) is 5. The lowest BCUT2D eigenvalue weighted by Crippen LogP contribution is -2.47. The second-order valence-corrected chi connectivity index (χ2v) is 7.20. The summed E-state index contributed by atoms with van der Waals surface area (Å²) in [6.45, 7) is 4.04. The quantitative estimate of drug-likeness (QED) is 0.595. The van der Waals surface area contributed by atoms with E-state index < -0.39 is 5.82 Å². The van der Waals surface area contributed by atoms with Crippen molar-refractivity contribution in [1.29, 1.82) is 0 Å². The van der Waals surface area contributed by atoms with E-state index >= 15 is 0 Å². The molecule has 0 spiro atoms. The Kier molecular flexibility index (Phi) is 5.76. The molecule has 2 heterocycles. The summed E-state index contributed by atoms with van der Waals surface area (Å²) in [4.78, 5) is 25.1. The Hall–Kier alpha value is -2.93. The fourth-order valence-electron chi connectivity index (χ4n) is 3.74. The maximum absolute atomic E-state index is 13.9. The van der Waals surface area contributed by atoms with Gasteiger partial charge in [0.15, 0.2) is 11.6 Å². The predicted octanol–water partition coefficient (Wildman–Crippen LogP) is 3.69. The Morgan fingerprint density at radius 2 is 1.62 bits per heavy atom. The first-order chi connectivity index (χ1) is 14.1. The first kappa shape index (κ1) is 19.4. The molecule has 7 heteroatoms. The van der Waals surface area contributed by atoms with Crippen molar-refractivity contribution in [3.63, 3.8) is 0 Å². The van der Waals surface area contributed by atoms with Gasteiger partial charge in [-0.25, -0.2) is 18.7 Å². The number of hydrogen-bond donors (Lipinski definition) is 0. The highest BCUT2D eigenvalue weighted by molar-refractivity contribution is 6.08. The molecule has 4 rings (SSSR count). The van der Waals surface area contributed by atoms with Gasteiger partial charge in [0, 0.05) is 43.5 Å². The second kappa shape index (κ2) is 8.61. The Balaban J connectivity index is 1.28. The number of rotatable bonds is 6.